The highest BCUT2D eigenvalue weighted by Crippen LogP contribution is 2.24. The summed E-state index contributed by atoms with van der Waals surface area (Å²) in [6, 6.07) is 0. The van der Waals surface area contributed by atoms with Crippen LogP contribution in [0.3, 0.4) is 0 Å². The molecule has 1 aromatic heterocycles. The largest absolute Gasteiger partial charge is 0.485 e. The number of pyridine rings is 1. The monoisotopic (exact) mass is 269 g/mol. The van der Waals surface area contributed by atoms with Crippen LogP contribution in [0.4, 0.5) is 17.6 Å². The topological polar surface area (TPSA) is 40.6 Å². The first-order chi connectivity index (χ1) is 8.57. The maximum absolute atomic E-state index is 13.0. The molecule has 0 aliphatic heterocycles. The molecule has 0 spiro atoms. The molecule has 102 valence electrons. The van der Waals surface area contributed by atoms with E-state index in [-0.39, 0.29) is 19.8 Å². The molecule has 0 atom stereocenters. The van der Waals surface area contributed by atoms with Crippen LogP contribution in [0.1, 0.15) is 0 Å². The average Bonchev–Trinajstić information content (AvgIpc) is 2.35. The Bertz CT molecular complexity index is 377. The smallest absolute Gasteiger partial charge is 0.255 e. The molecule has 4 nitrogen and oxygen atoms in total. The molecule has 0 radical (unpaired) electrons. The summed E-state index contributed by atoms with van der Waals surface area (Å²) in [4.78, 5) is 2.39. The molecule has 1 aromatic rings. The summed E-state index contributed by atoms with van der Waals surface area (Å²) < 4.78 is 65.6. The van der Waals surface area contributed by atoms with Crippen LogP contribution in [-0.4, -0.2) is 38.5 Å². The number of nitrogens with zero attached hydrogens (tertiary/aromatic N) is 1. The summed E-state index contributed by atoms with van der Waals surface area (Å²) in [7, 11) is 1.48. The number of ether oxygens (including phenoxy) is 3. The van der Waals surface area contributed by atoms with Crippen LogP contribution >= 0.6 is 0 Å². The number of hydrogen-bond acceptors (Lipinski definition) is 4. The third-order valence-corrected chi connectivity index (χ3v) is 1.86. The highest BCUT2D eigenvalue weighted by Gasteiger charge is 2.21. The van der Waals surface area contributed by atoms with Gasteiger partial charge in [-0.25, -0.2) is 0 Å². The molecule has 8 heteroatoms. The van der Waals surface area contributed by atoms with Gasteiger partial charge < -0.3 is 14.2 Å². The van der Waals surface area contributed by atoms with E-state index in [2.05, 4.69) is 14.5 Å². The van der Waals surface area contributed by atoms with Gasteiger partial charge in [-0.1, -0.05) is 0 Å². The number of halogens is 4. The van der Waals surface area contributed by atoms with Gasteiger partial charge in [0.15, 0.2) is 0 Å². The normalized spacial score (nSPS) is 10.7. The van der Waals surface area contributed by atoms with Crippen molar-refractivity contribution in [2.24, 2.45) is 0 Å². The van der Waals surface area contributed by atoms with E-state index in [0.29, 0.717) is 6.61 Å². The average molecular weight is 269 g/mol. The van der Waals surface area contributed by atoms with Crippen LogP contribution in [-0.2, 0) is 9.47 Å². The second kappa shape index (κ2) is 7.12. The van der Waals surface area contributed by atoms with Gasteiger partial charge in [0.1, 0.15) is 6.61 Å². The highest BCUT2D eigenvalue weighted by atomic mass is 19.2. The van der Waals surface area contributed by atoms with Crippen LogP contribution in [0.25, 0.3) is 0 Å². The van der Waals surface area contributed by atoms with E-state index in [4.69, 9.17) is 4.74 Å². The zero-order chi connectivity index (χ0) is 13.5. The third-order valence-electron chi connectivity index (χ3n) is 1.86. The van der Waals surface area contributed by atoms with Gasteiger partial charge in [0.2, 0.25) is 17.4 Å². The van der Waals surface area contributed by atoms with Crippen molar-refractivity contribution in [2.75, 3.05) is 33.5 Å². The number of methoxy groups -OCH3 is 1. The van der Waals surface area contributed by atoms with Crippen LogP contribution in [0.5, 0.6) is 5.75 Å². The Labute approximate surface area is 100 Å². The summed E-state index contributed by atoms with van der Waals surface area (Å²) >= 11 is 0. The SMILES string of the molecule is COCCOCCOc1c(F)c(F)nc(F)c1F. The van der Waals surface area contributed by atoms with Crippen molar-refractivity contribution in [3.05, 3.63) is 23.5 Å². The number of rotatable bonds is 7. The third kappa shape index (κ3) is 3.81. The van der Waals surface area contributed by atoms with Crippen molar-refractivity contribution in [2.45, 2.75) is 0 Å². The Hall–Kier alpha value is -1.41. The maximum atomic E-state index is 13.0. The fourth-order valence-corrected chi connectivity index (χ4v) is 1.04. The number of aromatic nitrogens is 1. The van der Waals surface area contributed by atoms with E-state index in [9.17, 15) is 17.6 Å². The van der Waals surface area contributed by atoms with Crippen molar-refractivity contribution in [1.29, 1.82) is 0 Å². The highest BCUT2D eigenvalue weighted by molar-refractivity contribution is 5.24. The van der Waals surface area contributed by atoms with Gasteiger partial charge in [0.25, 0.3) is 11.9 Å². The first kappa shape index (κ1) is 14.7. The Morgan fingerprint density at radius 2 is 1.44 bits per heavy atom. The van der Waals surface area contributed by atoms with Crippen molar-refractivity contribution in [3.8, 4) is 5.75 Å². The number of hydrogen-bond donors (Lipinski definition) is 0. The first-order valence-electron chi connectivity index (χ1n) is 4.97. The summed E-state index contributed by atoms with van der Waals surface area (Å²) in [5.74, 6) is -8.01. The fraction of sp³-hybridized carbons (Fsp3) is 0.500. The summed E-state index contributed by atoms with van der Waals surface area (Å²) in [6.07, 6.45) is 0. The Morgan fingerprint density at radius 3 is 2.00 bits per heavy atom. The Balaban J connectivity index is 2.52. The van der Waals surface area contributed by atoms with Gasteiger partial charge in [-0.3, -0.25) is 0 Å². The Morgan fingerprint density at radius 1 is 0.889 bits per heavy atom. The van der Waals surface area contributed by atoms with Gasteiger partial charge >= 0.3 is 0 Å². The molecule has 0 N–H and O–H groups in total. The molecule has 1 rings (SSSR count). The molecule has 0 aliphatic rings. The van der Waals surface area contributed by atoms with Gasteiger partial charge in [0, 0.05) is 7.11 Å². The molecule has 0 amide bonds. The zero-order valence-corrected chi connectivity index (χ0v) is 9.51. The lowest BCUT2D eigenvalue weighted by Crippen LogP contribution is -2.13. The summed E-state index contributed by atoms with van der Waals surface area (Å²) in [6.45, 7) is 0.347. The van der Waals surface area contributed by atoms with E-state index >= 15 is 0 Å². The molecule has 0 aromatic carbocycles. The molecule has 18 heavy (non-hydrogen) atoms. The second-order valence-electron chi connectivity index (χ2n) is 3.10. The Kier molecular flexibility index (Phi) is 5.79. The molecular weight excluding hydrogens is 258 g/mol. The summed E-state index contributed by atoms with van der Waals surface area (Å²) in [5, 5.41) is 0. The summed E-state index contributed by atoms with van der Waals surface area (Å²) in [5.41, 5.74) is 0. The minimum atomic E-state index is -1.76. The van der Waals surface area contributed by atoms with Gasteiger partial charge in [-0.2, -0.15) is 22.5 Å². The lowest BCUT2D eigenvalue weighted by molar-refractivity contribution is 0.0526. The second-order valence-corrected chi connectivity index (χ2v) is 3.10. The maximum Gasteiger partial charge on any atom is 0.255 e. The predicted octanol–water partition coefficient (Wildman–Crippen LogP) is 1.68. The lowest BCUT2D eigenvalue weighted by Gasteiger charge is -2.09. The van der Waals surface area contributed by atoms with E-state index < -0.39 is 29.3 Å². The van der Waals surface area contributed by atoms with Crippen molar-refractivity contribution in [3.63, 3.8) is 0 Å². The first-order valence-corrected chi connectivity index (χ1v) is 4.97. The van der Waals surface area contributed by atoms with E-state index in [1.54, 1.807) is 0 Å². The van der Waals surface area contributed by atoms with Crippen LogP contribution in [0, 0.1) is 23.5 Å². The van der Waals surface area contributed by atoms with Gasteiger partial charge in [-0.15, -0.1) is 0 Å². The molecule has 0 fully saturated rings. The van der Waals surface area contributed by atoms with Crippen molar-refractivity contribution >= 4 is 0 Å². The lowest BCUT2D eigenvalue weighted by atomic mass is 10.4. The molecule has 0 unspecified atom stereocenters. The van der Waals surface area contributed by atoms with Gasteiger partial charge in [0.05, 0.1) is 19.8 Å². The van der Waals surface area contributed by atoms with E-state index in [1.165, 1.54) is 7.11 Å². The van der Waals surface area contributed by atoms with Crippen molar-refractivity contribution in [1.82, 2.24) is 4.98 Å². The van der Waals surface area contributed by atoms with Crippen LogP contribution in [0.2, 0.25) is 0 Å². The predicted molar refractivity (Wildman–Crippen MR) is 52.3 cm³/mol. The quantitative estimate of drug-likeness (QED) is 0.429. The fourth-order valence-electron chi connectivity index (χ4n) is 1.04. The molecule has 1 heterocycles. The molecule has 0 aliphatic carbocycles. The van der Waals surface area contributed by atoms with Crippen LogP contribution in [0.15, 0.2) is 0 Å². The molecule has 0 saturated heterocycles. The molecule has 0 saturated carbocycles. The van der Waals surface area contributed by atoms with E-state index in [0.717, 1.165) is 0 Å². The molecule has 0 bridgehead atoms. The standard InChI is InChI=1S/C10H11F4NO3/c1-16-2-3-17-4-5-18-8-6(11)9(13)15-10(14)7(8)12/h2-5H2,1H3. The van der Waals surface area contributed by atoms with Crippen LogP contribution < -0.4 is 4.74 Å². The van der Waals surface area contributed by atoms with Crippen molar-refractivity contribution < 1.29 is 31.8 Å². The zero-order valence-electron chi connectivity index (χ0n) is 9.51. The minimum absolute atomic E-state index is 0.00615. The molecular formula is C10H11F4NO3. The van der Waals surface area contributed by atoms with E-state index in [1.807, 2.05) is 0 Å². The minimum Gasteiger partial charge on any atom is -0.485 e. The van der Waals surface area contributed by atoms with Gasteiger partial charge in [-0.05, 0) is 0 Å².